The number of carbonyl (C=O) groups is 2. The topological polar surface area (TPSA) is 143 Å². The summed E-state index contributed by atoms with van der Waals surface area (Å²) in [7, 11) is 0. The van der Waals surface area contributed by atoms with Crippen molar-refractivity contribution in [2.45, 2.75) is 25.7 Å². The first-order valence-corrected chi connectivity index (χ1v) is 11.8. The van der Waals surface area contributed by atoms with E-state index in [1.807, 2.05) is 18.2 Å². The van der Waals surface area contributed by atoms with Gasteiger partial charge in [0, 0.05) is 23.9 Å². The molecule has 9 nitrogen and oxygen atoms in total. The third kappa shape index (κ3) is 5.00. The summed E-state index contributed by atoms with van der Waals surface area (Å²) < 4.78 is 0.482. The molecule has 1 fully saturated rings. The summed E-state index contributed by atoms with van der Waals surface area (Å²) in [5.74, 6) is -1.15. The Labute approximate surface area is 204 Å². The molecule has 0 saturated carbocycles. The van der Waals surface area contributed by atoms with Crippen molar-refractivity contribution in [1.82, 2.24) is 14.9 Å². The number of pyridine rings is 1. The van der Waals surface area contributed by atoms with Crippen LogP contribution in [-0.4, -0.2) is 47.8 Å². The van der Waals surface area contributed by atoms with E-state index in [4.69, 9.17) is 22.9 Å². The molecule has 11 heteroatoms. The minimum Gasteiger partial charge on any atom is -0.493 e. The van der Waals surface area contributed by atoms with E-state index in [9.17, 15) is 14.7 Å². The lowest BCUT2D eigenvalue weighted by atomic mass is 10.1. The monoisotopic (exact) mass is 495 g/mol. The van der Waals surface area contributed by atoms with Crippen LogP contribution in [0.15, 0.2) is 46.4 Å². The van der Waals surface area contributed by atoms with Gasteiger partial charge in [-0.25, -0.2) is 10.5 Å². The number of H-pyrrole nitrogens is 1. The van der Waals surface area contributed by atoms with Gasteiger partial charge in [0.25, 0.3) is 5.91 Å². The van der Waals surface area contributed by atoms with Gasteiger partial charge < -0.3 is 15.2 Å². The molecule has 1 aliphatic heterocycles. The van der Waals surface area contributed by atoms with Crippen molar-refractivity contribution in [2.75, 3.05) is 6.54 Å². The first-order valence-electron chi connectivity index (χ1n) is 10.5. The van der Waals surface area contributed by atoms with Gasteiger partial charge in [-0.1, -0.05) is 42.5 Å². The number of nitrogens with one attached hydrogen (secondary N) is 2. The van der Waals surface area contributed by atoms with Gasteiger partial charge in [0.1, 0.15) is 4.32 Å². The van der Waals surface area contributed by atoms with E-state index >= 15 is 0 Å². The molecule has 3 aromatic rings. The zero-order valence-corrected chi connectivity index (χ0v) is 19.6. The molecule has 1 aromatic carbocycles. The van der Waals surface area contributed by atoms with Crippen LogP contribution in [-0.2, 0) is 9.59 Å². The Morgan fingerprint density at radius 3 is 2.85 bits per heavy atom. The molecule has 1 amide bonds. The minimum atomic E-state index is -0.818. The zero-order chi connectivity index (χ0) is 24.2. The third-order valence-corrected chi connectivity index (χ3v) is 6.73. The Morgan fingerprint density at radius 1 is 1.26 bits per heavy atom. The minimum absolute atomic E-state index is 0.123. The maximum Gasteiger partial charge on any atom is 0.303 e. The molecule has 1 saturated heterocycles. The van der Waals surface area contributed by atoms with Crippen LogP contribution in [0.25, 0.3) is 28.2 Å². The van der Waals surface area contributed by atoms with Crippen LogP contribution in [0.2, 0.25) is 0 Å². The van der Waals surface area contributed by atoms with Crippen LogP contribution in [0, 0.1) is 5.53 Å². The molecule has 0 radical (unpaired) electrons. The normalized spacial score (nSPS) is 14.9. The van der Waals surface area contributed by atoms with Crippen LogP contribution in [0.4, 0.5) is 5.69 Å². The quantitative estimate of drug-likeness (QED) is 0.134. The summed E-state index contributed by atoms with van der Waals surface area (Å²) in [6, 6.07) is 10.9. The van der Waals surface area contributed by atoms with E-state index in [2.05, 4.69) is 15.1 Å². The Kier molecular flexibility index (Phi) is 7.03. The van der Waals surface area contributed by atoms with Crippen LogP contribution >= 0.6 is 24.0 Å². The highest BCUT2D eigenvalue weighted by molar-refractivity contribution is 8.26. The van der Waals surface area contributed by atoms with Crippen molar-refractivity contribution in [1.29, 1.82) is 5.53 Å². The fourth-order valence-electron chi connectivity index (χ4n) is 3.68. The van der Waals surface area contributed by atoms with E-state index in [1.165, 1.54) is 11.8 Å². The molecule has 3 heterocycles. The highest BCUT2D eigenvalue weighted by Crippen LogP contribution is 2.37. The number of thiocarbonyl (C=S) groups is 1. The molecule has 0 unspecified atom stereocenters. The highest BCUT2D eigenvalue weighted by atomic mass is 32.2. The van der Waals surface area contributed by atoms with Crippen molar-refractivity contribution < 1.29 is 19.8 Å². The standard InChI is InChI=1S/C23H21N5O4S2/c24-27-20-15-11-13(8-9-17(15)26-21(20)31)16-6-4-5-14(25-16)12-18-22(32)28(23(33)34-18)10-3-1-2-7-19(29)30/h4-6,8-9,11-12,24,26,31H,1-3,7,10H2,(H,29,30). The number of carboxylic acids is 1. The summed E-state index contributed by atoms with van der Waals surface area (Å²) >= 11 is 6.59. The van der Waals surface area contributed by atoms with Gasteiger partial charge in [-0.05, 0) is 43.2 Å². The molecule has 4 rings (SSSR count). The SMILES string of the molecule is N=Nc1c(O)[nH]c2ccc(-c3cccc(C=C4SC(=S)N(CCCCCC(=O)O)C4=O)n3)cc12. The molecule has 1 aliphatic rings. The van der Waals surface area contributed by atoms with E-state index in [0.717, 1.165) is 5.56 Å². The van der Waals surface area contributed by atoms with Crippen LogP contribution in [0.1, 0.15) is 31.4 Å². The van der Waals surface area contributed by atoms with Crippen LogP contribution < -0.4 is 0 Å². The van der Waals surface area contributed by atoms with Gasteiger partial charge >= 0.3 is 5.97 Å². The highest BCUT2D eigenvalue weighted by Gasteiger charge is 2.31. The fourth-order valence-corrected chi connectivity index (χ4v) is 4.97. The first-order chi connectivity index (χ1) is 16.4. The molecule has 34 heavy (non-hydrogen) atoms. The van der Waals surface area contributed by atoms with E-state index < -0.39 is 5.97 Å². The van der Waals surface area contributed by atoms with Gasteiger partial charge in [-0.15, -0.1) is 0 Å². The predicted molar refractivity (Wildman–Crippen MR) is 134 cm³/mol. The maximum atomic E-state index is 12.8. The van der Waals surface area contributed by atoms with Gasteiger partial charge in [0.15, 0.2) is 5.69 Å². The summed E-state index contributed by atoms with van der Waals surface area (Å²) in [6.07, 6.45) is 3.80. The second-order valence-electron chi connectivity index (χ2n) is 7.68. The molecule has 0 bridgehead atoms. The number of thioether (sulfide) groups is 1. The Balaban J connectivity index is 1.51. The Bertz CT molecular complexity index is 1330. The van der Waals surface area contributed by atoms with E-state index in [-0.39, 0.29) is 23.9 Å². The first kappa shape index (κ1) is 23.6. The van der Waals surface area contributed by atoms with Gasteiger partial charge in [0.2, 0.25) is 5.88 Å². The number of nitrogens with zero attached hydrogens (tertiary/aromatic N) is 3. The molecule has 4 N–H and O–H groups in total. The lowest BCUT2D eigenvalue weighted by Gasteiger charge is -2.13. The lowest BCUT2D eigenvalue weighted by molar-refractivity contribution is -0.137. The van der Waals surface area contributed by atoms with Gasteiger partial charge in [-0.3, -0.25) is 14.5 Å². The number of unbranched alkanes of at least 4 members (excludes halogenated alkanes) is 2. The van der Waals surface area contributed by atoms with Gasteiger partial charge in [0.05, 0.1) is 21.8 Å². The lowest BCUT2D eigenvalue weighted by Crippen LogP contribution is -2.29. The Morgan fingerprint density at radius 2 is 2.09 bits per heavy atom. The van der Waals surface area contributed by atoms with Crippen LogP contribution in [0.5, 0.6) is 5.88 Å². The average molecular weight is 496 g/mol. The summed E-state index contributed by atoms with van der Waals surface area (Å²) in [5, 5.41) is 22.6. The number of rotatable bonds is 9. The summed E-state index contributed by atoms with van der Waals surface area (Å²) in [5.41, 5.74) is 10.2. The second-order valence-corrected chi connectivity index (χ2v) is 9.36. The van der Waals surface area contributed by atoms with Gasteiger partial charge in [-0.2, -0.15) is 5.11 Å². The number of amides is 1. The van der Waals surface area contributed by atoms with Crippen molar-refractivity contribution in [3.8, 4) is 17.1 Å². The summed E-state index contributed by atoms with van der Waals surface area (Å²) in [6.45, 7) is 0.460. The second kappa shape index (κ2) is 10.1. The molecule has 0 atom stereocenters. The molecule has 0 aliphatic carbocycles. The number of fused-ring (bicyclic) bond motifs is 1. The smallest absolute Gasteiger partial charge is 0.303 e. The van der Waals surface area contributed by atoms with Crippen molar-refractivity contribution in [3.05, 3.63) is 47.0 Å². The average Bonchev–Trinajstić information content (AvgIpc) is 3.27. The molecule has 2 aromatic heterocycles. The summed E-state index contributed by atoms with van der Waals surface area (Å²) in [4.78, 5) is 32.9. The number of aromatic amines is 1. The number of hydrogen-bond acceptors (Lipinski definition) is 8. The van der Waals surface area contributed by atoms with Crippen LogP contribution in [0.3, 0.4) is 0 Å². The van der Waals surface area contributed by atoms with E-state index in [1.54, 1.807) is 29.2 Å². The molecule has 174 valence electrons. The van der Waals surface area contributed by atoms with Crippen molar-refractivity contribution >= 4 is 62.8 Å². The molecular formula is C23H21N5O4S2. The van der Waals surface area contributed by atoms with Crippen molar-refractivity contribution in [3.63, 3.8) is 0 Å². The third-order valence-electron chi connectivity index (χ3n) is 5.36. The number of aliphatic carboxylic acids is 1. The number of hydrogen-bond donors (Lipinski definition) is 4. The van der Waals surface area contributed by atoms with Crippen molar-refractivity contribution in [2.24, 2.45) is 5.11 Å². The number of carbonyl (C=O) groups excluding carboxylic acids is 1. The number of aromatic hydroxyl groups is 1. The molecular weight excluding hydrogens is 474 g/mol. The number of carboxylic acid groups (broad SMARTS) is 1. The molecule has 0 spiro atoms. The predicted octanol–water partition coefficient (Wildman–Crippen LogP) is 5.44. The number of benzene rings is 1. The zero-order valence-electron chi connectivity index (χ0n) is 17.9. The van der Waals surface area contributed by atoms with E-state index in [0.29, 0.717) is 57.3 Å². The largest absolute Gasteiger partial charge is 0.493 e. The maximum absolute atomic E-state index is 12.8. The fraction of sp³-hybridized carbons (Fsp3) is 0.217. The Hall–Kier alpha value is -3.57. The number of aromatic nitrogens is 2.